The molecule has 2 rings (SSSR count). The molecule has 17 heavy (non-hydrogen) atoms. The van der Waals surface area contributed by atoms with Gasteiger partial charge in [0.05, 0.1) is 7.11 Å². The van der Waals surface area contributed by atoms with Crippen molar-refractivity contribution in [2.75, 3.05) is 13.7 Å². The Kier molecular flexibility index (Phi) is 3.72. The van der Waals surface area contributed by atoms with Crippen molar-refractivity contribution in [3.05, 3.63) is 29.3 Å². The van der Waals surface area contributed by atoms with Gasteiger partial charge in [-0.05, 0) is 48.3 Å². The van der Waals surface area contributed by atoms with Crippen LogP contribution in [0.4, 0.5) is 0 Å². The van der Waals surface area contributed by atoms with Crippen molar-refractivity contribution in [2.24, 2.45) is 5.41 Å². The van der Waals surface area contributed by atoms with Gasteiger partial charge >= 0.3 is 0 Å². The van der Waals surface area contributed by atoms with E-state index in [-0.39, 0.29) is 5.41 Å². The van der Waals surface area contributed by atoms with Crippen LogP contribution in [-0.4, -0.2) is 18.8 Å². The molecule has 2 heteroatoms. The number of benzene rings is 1. The Morgan fingerprint density at radius 3 is 2.59 bits per heavy atom. The molecule has 0 radical (unpaired) electrons. The van der Waals surface area contributed by atoms with E-state index in [0.29, 0.717) is 6.61 Å². The normalized spacial score (nSPS) is 17.6. The summed E-state index contributed by atoms with van der Waals surface area (Å²) in [4.78, 5) is 0. The van der Waals surface area contributed by atoms with Gasteiger partial charge in [0, 0.05) is 6.61 Å². The molecule has 1 aliphatic carbocycles. The van der Waals surface area contributed by atoms with Crippen molar-refractivity contribution in [1.29, 1.82) is 0 Å². The van der Waals surface area contributed by atoms with Gasteiger partial charge in [-0.1, -0.05) is 25.5 Å². The first-order valence-electron chi connectivity index (χ1n) is 6.50. The van der Waals surface area contributed by atoms with E-state index >= 15 is 0 Å². The zero-order valence-corrected chi connectivity index (χ0v) is 10.8. The lowest BCUT2D eigenvalue weighted by molar-refractivity contribution is 0.0450. The quantitative estimate of drug-likeness (QED) is 0.848. The van der Waals surface area contributed by atoms with Gasteiger partial charge in [-0.2, -0.15) is 0 Å². The van der Waals surface area contributed by atoms with Gasteiger partial charge in [-0.3, -0.25) is 0 Å². The van der Waals surface area contributed by atoms with Gasteiger partial charge in [-0.15, -0.1) is 0 Å². The Labute approximate surface area is 104 Å². The first-order valence-corrected chi connectivity index (χ1v) is 6.50. The molecule has 2 nitrogen and oxygen atoms in total. The summed E-state index contributed by atoms with van der Waals surface area (Å²) < 4.78 is 5.34. The van der Waals surface area contributed by atoms with Crippen LogP contribution in [-0.2, 0) is 12.8 Å². The maximum Gasteiger partial charge on any atom is 0.122 e. The van der Waals surface area contributed by atoms with E-state index in [1.807, 2.05) is 0 Å². The summed E-state index contributed by atoms with van der Waals surface area (Å²) >= 11 is 0. The molecule has 0 heterocycles. The highest BCUT2D eigenvalue weighted by Gasteiger charge is 2.36. The van der Waals surface area contributed by atoms with E-state index in [9.17, 15) is 5.11 Å². The average Bonchev–Trinajstić information content (AvgIpc) is 2.33. The second kappa shape index (κ2) is 5.09. The van der Waals surface area contributed by atoms with Crippen LogP contribution < -0.4 is 4.74 Å². The third kappa shape index (κ3) is 2.47. The Bertz CT molecular complexity index is 375. The molecule has 1 aliphatic rings. The van der Waals surface area contributed by atoms with Crippen LogP contribution in [0, 0.1) is 5.41 Å². The number of aliphatic hydroxyl groups is 1. The van der Waals surface area contributed by atoms with Crippen molar-refractivity contribution < 1.29 is 9.84 Å². The molecular formula is C15H22O2. The van der Waals surface area contributed by atoms with Gasteiger partial charge in [0.1, 0.15) is 5.75 Å². The molecule has 1 N–H and O–H groups in total. The topological polar surface area (TPSA) is 29.5 Å². The molecule has 0 saturated heterocycles. The van der Waals surface area contributed by atoms with Crippen LogP contribution in [0.15, 0.2) is 18.2 Å². The summed E-state index contributed by atoms with van der Waals surface area (Å²) in [6, 6.07) is 6.42. The number of aryl methyl sites for hydroxylation is 1. The Balaban J connectivity index is 2.16. The van der Waals surface area contributed by atoms with Crippen molar-refractivity contribution >= 4 is 0 Å². The lowest BCUT2D eigenvalue weighted by atomic mass is 9.66. The maximum atomic E-state index is 9.50. The predicted octanol–water partition coefficient (Wildman–Crippen LogP) is 2.96. The zero-order valence-electron chi connectivity index (χ0n) is 10.8. The maximum absolute atomic E-state index is 9.50. The van der Waals surface area contributed by atoms with Crippen LogP contribution in [0.25, 0.3) is 0 Å². The highest BCUT2D eigenvalue weighted by Crippen LogP contribution is 2.43. The molecule has 0 aliphatic heterocycles. The number of aliphatic hydroxyl groups excluding tert-OH is 1. The van der Waals surface area contributed by atoms with E-state index in [2.05, 4.69) is 25.1 Å². The molecule has 0 aromatic heterocycles. The molecule has 1 aromatic carbocycles. The third-order valence-electron chi connectivity index (χ3n) is 4.05. The number of hydrogen-bond acceptors (Lipinski definition) is 2. The van der Waals surface area contributed by atoms with Crippen molar-refractivity contribution in [3.8, 4) is 5.75 Å². The minimum atomic E-state index is 0.166. The van der Waals surface area contributed by atoms with Gasteiger partial charge in [-0.25, -0.2) is 0 Å². The second-order valence-electron chi connectivity index (χ2n) is 5.19. The summed E-state index contributed by atoms with van der Waals surface area (Å²) in [6.07, 6.45) is 5.58. The Morgan fingerprint density at radius 1 is 1.35 bits per heavy atom. The highest BCUT2D eigenvalue weighted by molar-refractivity contribution is 5.37. The molecule has 0 atom stereocenters. The molecule has 0 spiro atoms. The summed E-state index contributed by atoms with van der Waals surface area (Å²) in [5.41, 5.74) is 2.76. The fourth-order valence-electron chi connectivity index (χ4n) is 2.72. The average molecular weight is 234 g/mol. The minimum absolute atomic E-state index is 0.166. The Hall–Kier alpha value is -1.02. The summed E-state index contributed by atoms with van der Waals surface area (Å²) in [6.45, 7) is 2.47. The van der Waals surface area contributed by atoms with E-state index in [0.717, 1.165) is 31.4 Å². The fourth-order valence-corrected chi connectivity index (χ4v) is 2.72. The number of hydrogen-bond donors (Lipinski definition) is 1. The molecule has 1 fully saturated rings. The van der Waals surface area contributed by atoms with E-state index in [1.165, 1.54) is 17.5 Å². The third-order valence-corrected chi connectivity index (χ3v) is 4.05. The van der Waals surface area contributed by atoms with Crippen LogP contribution in [0.2, 0.25) is 0 Å². The summed E-state index contributed by atoms with van der Waals surface area (Å²) in [5.74, 6) is 0.975. The Morgan fingerprint density at radius 2 is 2.12 bits per heavy atom. The van der Waals surface area contributed by atoms with E-state index < -0.39 is 0 Å². The monoisotopic (exact) mass is 234 g/mol. The smallest absolute Gasteiger partial charge is 0.122 e. The largest absolute Gasteiger partial charge is 0.496 e. The second-order valence-corrected chi connectivity index (χ2v) is 5.19. The molecule has 0 bridgehead atoms. The standard InChI is InChI=1S/C15H22O2/c1-3-13-9-12(5-6-14(13)17-2)10-15(11-16)7-4-8-15/h5-6,9,16H,3-4,7-8,10-11H2,1-2H3. The minimum Gasteiger partial charge on any atom is -0.496 e. The van der Waals surface area contributed by atoms with Crippen molar-refractivity contribution in [1.82, 2.24) is 0 Å². The van der Waals surface area contributed by atoms with E-state index in [4.69, 9.17) is 4.74 Å². The number of rotatable bonds is 5. The predicted molar refractivity (Wildman–Crippen MR) is 69.4 cm³/mol. The van der Waals surface area contributed by atoms with Crippen molar-refractivity contribution in [2.45, 2.75) is 39.0 Å². The molecule has 1 saturated carbocycles. The van der Waals surface area contributed by atoms with Gasteiger partial charge < -0.3 is 9.84 Å². The van der Waals surface area contributed by atoms with Crippen LogP contribution >= 0.6 is 0 Å². The fraction of sp³-hybridized carbons (Fsp3) is 0.600. The molecule has 94 valence electrons. The molecule has 1 aromatic rings. The lowest BCUT2D eigenvalue weighted by Gasteiger charge is -2.40. The molecular weight excluding hydrogens is 212 g/mol. The van der Waals surface area contributed by atoms with E-state index in [1.54, 1.807) is 7.11 Å². The summed E-state index contributed by atoms with van der Waals surface area (Å²) in [5, 5.41) is 9.50. The lowest BCUT2D eigenvalue weighted by Crippen LogP contribution is -2.35. The zero-order chi connectivity index (χ0) is 12.3. The number of ether oxygens (including phenoxy) is 1. The van der Waals surface area contributed by atoms with Gasteiger partial charge in [0.2, 0.25) is 0 Å². The SMILES string of the molecule is CCc1cc(CC2(CO)CCC2)ccc1OC. The molecule has 0 unspecified atom stereocenters. The molecule has 0 amide bonds. The number of methoxy groups -OCH3 is 1. The van der Waals surface area contributed by atoms with Gasteiger partial charge in [0.15, 0.2) is 0 Å². The highest BCUT2D eigenvalue weighted by atomic mass is 16.5. The first kappa shape index (κ1) is 12.4. The summed E-state index contributed by atoms with van der Waals surface area (Å²) in [7, 11) is 1.72. The van der Waals surface area contributed by atoms with Gasteiger partial charge in [0.25, 0.3) is 0 Å². The van der Waals surface area contributed by atoms with Crippen LogP contribution in [0.3, 0.4) is 0 Å². The van der Waals surface area contributed by atoms with Crippen LogP contribution in [0.1, 0.15) is 37.3 Å². The van der Waals surface area contributed by atoms with Crippen molar-refractivity contribution in [3.63, 3.8) is 0 Å². The first-order chi connectivity index (χ1) is 8.23. The van der Waals surface area contributed by atoms with Crippen LogP contribution in [0.5, 0.6) is 5.75 Å².